The Morgan fingerprint density at radius 2 is 2.04 bits per heavy atom. The highest BCUT2D eigenvalue weighted by Crippen LogP contribution is 2.32. The molecule has 3 aromatic rings. The standard InChI is InChI=1S/C18H18FN3O2S2/c1-10(2)20-14(23)9-26-18-21-16-15(17(24)22(18)3)13(8-25-16)11-4-6-12(19)7-5-11/h4-8,10H,9H2,1-3H3,(H,20,23). The molecule has 2 heterocycles. The molecular weight excluding hydrogens is 373 g/mol. The van der Waals surface area contributed by atoms with Crippen LogP contribution in [0.4, 0.5) is 4.39 Å². The maximum Gasteiger partial charge on any atom is 0.263 e. The first-order chi connectivity index (χ1) is 12.4. The molecular formula is C18H18FN3O2S2. The number of rotatable bonds is 5. The van der Waals surface area contributed by atoms with Gasteiger partial charge in [0.15, 0.2) is 5.16 Å². The minimum Gasteiger partial charge on any atom is -0.353 e. The highest BCUT2D eigenvalue weighted by Gasteiger charge is 2.16. The van der Waals surface area contributed by atoms with Crippen molar-refractivity contribution < 1.29 is 9.18 Å². The van der Waals surface area contributed by atoms with Crippen molar-refractivity contribution >= 4 is 39.2 Å². The van der Waals surface area contributed by atoms with Crippen LogP contribution in [0.15, 0.2) is 39.6 Å². The monoisotopic (exact) mass is 391 g/mol. The fraction of sp³-hybridized carbons (Fsp3) is 0.278. The molecule has 1 amide bonds. The Morgan fingerprint density at radius 1 is 1.35 bits per heavy atom. The van der Waals surface area contributed by atoms with Crippen molar-refractivity contribution in [1.82, 2.24) is 14.9 Å². The van der Waals surface area contributed by atoms with Crippen LogP contribution in [0.25, 0.3) is 21.3 Å². The lowest BCUT2D eigenvalue weighted by Crippen LogP contribution is -2.31. The minimum absolute atomic E-state index is 0.0675. The lowest BCUT2D eigenvalue weighted by Gasteiger charge is -2.10. The lowest BCUT2D eigenvalue weighted by molar-refractivity contribution is -0.119. The average Bonchev–Trinajstić information content (AvgIpc) is 3.01. The molecule has 26 heavy (non-hydrogen) atoms. The second-order valence-corrected chi connectivity index (χ2v) is 7.91. The first kappa shape index (κ1) is 18.6. The van der Waals surface area contributed by atoms with Gasteiger partial charge in [0.2, 0.25) is 5.91 Å². The van der Waals surface area contributed by atoms with Gasteiger partial charge in [-0.05, 0) is 31.5 Å². The summed E-state index contributed by atoms with van der Waals surface area (Å²) in [6, 6.07) is 6.10. The van der Waals surface area contributed by atoms with Gasteiger partial charge in [0.25, 0.3) is 5.56 Å². The van der Waals surface area contributed by atoms with Crippen molar-refractivity contribution in [2.24, 2.45) is 7.05 Å². The molecule has 0 unspecified atom stereocenters. The van der Waals surface area contributed by atoms with E-state index in [9.17, 15) is 14.0 Å². The fourth-order valence-electron chi connectivity index (χ4n) is 2.52. The number of nitrogens with zero attached hydrogens (tertiary/aromatic N) is 2. The molecule has 0 fully saturated rings. The van der Waals surface area contributed by atoms with E-state index in [1.165, 1.54) is 39.8 Å². The summed E-state index contributed by atoms with van der Waals surface area (Å²) in [7, 11) is 1.64. The van der Waals surface area contributed by atoms with Crippen molar-refractivity contribution in [3.05, 3.63) is 45.8 Å². The van der Waals surface area contributed by atoms with Gasteiger partial charge in [0, 0.05) is 24.0 Å². The van der Waals surface area contributed by atoms with Crippen molar-refractivity contribution in [1.29, 1.82) is 0 Å². The summed E-state index contributed by atoms with van der Waals surface area (Å²) < 4.78 is 14.6. The molecule has 0 bridgehead atoms. The largest absolute Gasteiger partial charge is 0.353 e. The van der Waals surface area contributed by atoms with Gasteiger partial charge >= 0.3 is 0 Å². The van der Waals surface area contributed by atoms with E-state index in [-0.39, 0.29) is 29.1 Å². The number of amides is 1. The number of carbonyl (C=O) groups is 1. The SMILES string of the molecule is CC(C)NC(=O)CSc1nc2scc(-c3ccc(F)cc3)c2c(=O)n1C. The number of hydrogen-bond acceptors (Lipinski definition) is 5. The molecule has 0 spiro atoms. The van der Waals surface area contributed by atoms with Crippen molar-refractivity contribution in [3.8, 4) is 11.1 Å². The normalized spacial score (nSPS) is 11.3. The van der Waals surface area contributed by atoms with Crippen LogP contribution in [0.3, 0.4) is 0 Å². The zero-order chi connectivity index (χ0) is 18.8. The molecule has 0 aliphatic rings. The van der Waals surface area contributed by atoms with Gasteiger partial charge in [-0.25, -0.2) is 9.37 Å². The number of carbonyl (C=O) groups excluding carboxylic acids is 1. The Balaban J connectivity index is 1.95. The zero-order valence-electron chi connectivity index (χ0n) is 14.6. The highest BCUT2D eigenvalue weighted by molar-refractivity contribution is 7.99. The van der Waals surface area contributed by atoms with E-state index in [2.05, 4.69) is 10.3 Å². The number of aromatic nitrogens is 2. The van der Waals surface area contributed by atoms with Gasteiger partial charge in [0.1, 0.15) is 10.6 Å². The number of fused-ring (bicyclic) bond motifs is 1. The first-order valence-corrected chi connectivity index (χ1v) is 9.89. The number of halogens is 1. The minimum atomic E-state index is -0.322. The van der Waals surface area contributed by atoms with Crippen LogP contribution in [0.5, 0.6) is 0 Å². The Labute approximate surface area is 158 Å². The summed E-state index contributed by atoms with van der Waals surface area (Å²) in [6.45, 7) is 3.79. The van der Waals surface area contributed by atoms with Gasteiger partial charge in [-0.2, -0.15) is 0 Å². The van der Waals surface area contributed by atoms with Gasteiger partial charge in [0.05, 0.1) is 11.1 Å². The van der Waals surface area contributed by atoms with Crippen LogP contribution in [0, 0.1) is 5.82 Å². The maximum absolute atomic E-state index is 13.2. The van der Waals surface area contributed by atoms with Gasteiger partial charge in [-0.15, -0.1) is 11.3 Å². The molecule has 0 radical (unpaired) electrons. The Morgan fingerprint density at radius 3 is 2.69 bits per heavy atom. The molecule has 1 N–H and O–H groups in total. The third-order valence-corrected chi connectivity index (χ3v) is 5.61. The molecule has 8 heteroatoms. The second-order valence-electron chi connectivity index (χ2n) is 6.11. The molecule has 3 rings (SSSR count). The lowest BCUT2D eigenvalue weighted by atomic mass is 10.1. The predicted molar refractivity (Wildman–Crippen MR) is 104 cm³/mol. The number of nitrogens with one attached hydrogen (secondary N) is 1. The molecule has 2 aromatic heterocycles. The van der Waals surface area contributed by atoms with E-state index < -0.39 is 0 Å². The molecule has 0 aliphatic carbocycles. The summed E-state index contributed by atoms with van der Waals surface area (Å²) >= 11 is 2.59. The molecule has 5 nitrogen and oxygen atoms in total. The average molecular weight is 391 g/mol. The van der Waals surface area contributed by atoms with Crippen LogP contribution in [-0.4, -0.2) is 27.3 Å². The molecule has 1 aromatic carbocycles. The van der Waals surface area contributed by atoms with E-state index in [0.29, 0.717) is 15.4 Å². The molecule has 0 saturated carbocycles. The van der Waals surface area contributed by atoms with Gasteiger partial charge < -0.3 is 5.32 Å². The Kier molecular flexibility index (Phi) is 5.43. The summed E-state index contributed by atoms with van der Waals surface area (Å²) in [5, 5.41) is 5.67. The van der Waals surface area contributed by atoms with Crippen molar-refractivity contribution in [3.63, 3.8) is 0 Å². The number of thioether (sulfide) groups is 1. The number of hydrogen-bond donors (Lipinski definition) is 1. The summed E-state index contributed by atoms with van der Waals surface area (Å²) in [6.07, 6.45) is 0. The van der Waals surface area contributed by atoms with E-state index in [0.717, 1.165) is 11.1 Å². The smallest absolute Gasteiger partial charge is 0.263 e. The number of benzene rings is 1. The van der Waals surface area contributed by atoms with Crippen LogP contribution < -0.4 is 10.9 Å². The Bertz CT molecular complexity index is 1010. The second kappa shape index (κ2) is 7.59. The van der Waals surface area contributed by atoms with Crippen LogP contribution in [-0.2, 0) is 11.8 Å². The van der Waals surface area contributed by atoms with E-state index in [1.54, 1.807) is 19.2 Å². The van der Waals surface area contributed by atoms with E-state index in [1.807, 2.05) is 19.2 Å². The third kappa shape index (κ3) is 3.81. The first-order valence-electron chi connectivity index (χ1n) is 8.03. The predicted octanol–water partition coefficient (Wildman–Crippen LogP) is 3.42. The van der Waals surface area contributed by atoms with E-state index in [4.69, 9.17) is 0 Å². The van der Waals surface area contributed by atoms with Crippen LogP contribution in [0.1, 0.15) is 13.8 Å². The third-order valence-electron chi connectivity index (χ3n) is 3.71. The van der Waals surface area contributed by atoms with Gasteiger partial charge in [-0.1, -0.05) is 23.9 Å². The number of thiophene rings is 1. The van der Waals surface area contributed by atoms with Crippen LogP contribution in [0.2, 0.25) is 0 Å². The zero-order valence-corrected chi connectivity index (χ0v) is 16.2. The van der Waals surface area contributed by atoms with Crippen molar-refractivity contribution in [2.75, 3.05) is 5.75 Å². The molecule has 0 atom stereocenters. The topological polar surface area (TPSA) is 64.0 Å². The van der Waals surface area contributed by atoms with Gasteiger partial charge in [-0.3, -0.25) is 14.2 Å². The highest BCUT2D eigenvalue weighted by atomic mass is 32.2. The summed E-state index contributed by atoms with van der Waals surface area (Å²) in [5.74, 6) is -0.227. The fourth-order valence-corrected chi connectivity index (χ4v) is 4.29. The van der Waals surface area contributed by atoms with Crippen molar-refractivity contribution in [2.45, 2.75) is 25.0 Å². The molecule has 0 aliphatic heterocycles. The summed E-state index contributed by atoms with van der Waals surface area (Å²) in [4.78, 5) is 29.8. The maximum atomic E-state index is 13.2. The summed E-state index contributed by atoms with van der Waals surface area (Å²) in [5.41, 5.74) is 1.34. The molecule has 0 saturated heterocycles. The quantitative estimate of drug-likeness (QED) is 0.535. The van der Waals surface area contributed by atoms with Crippen LogP contribution >= 0.6 is 23.1 Å². The Hall–Kier alpha value is -2.19. The van der Waals surface area contributed by atoms with E-state index >= 15 is 0 Å². The molecule has 136 valence electrons.